The van der Waals surface area contributed by atoms with Crippen molar-refractivity contribution in [1.82, 2.24) is 9.55 Å². The van der Waals surface area contributed by atoms with Crippen molar-refractivity contribution in [2.24, 2.45) is 0 Å². The Bertz CT molecular complexity index is 1050. The molecule has 1 saturated heterocycles. The van der Waals surface area contributed by atoms with Crippen LogP contribution in [0.2, 0.25) is 0 Å². The zero-order valence-corrected chi connectivity index (χ0v) is 17.9. The molecule has 172 valence electrons. The standard InChI is InChI=1S/C22H25F3N4O3/c1-21(2)14-32-11-10-29(21)18-12-19(31)27-9-8-17(22(23,24)25)28(20(27)26-18)13-16(30)15-6-4-3-5-7-15/h3-7,12,17H,8-11,13-14H2,1-2H3. The Kier molecular flexibility index (Phi) is 5.74. The predicted octanol–water partition coefficient (Wildman–Crippen LogP) is 2.88. The van der Waals surface area contributed by atoms with Crippen molar-refractivity contribution in [2.75, 3.05) is 36.1 Å². The molecule has 10 heteroatoms. The summed E-state index contributed by atoms with van der Waals surface area (Å²) in [5, 5.41) is 0. The number of carbonyl (C=O) groups excluding carboxylic acids is 1. The third-order valence-corrected chi connectivity index (χ3v) is 5.94. The van der Waals surface area contributed by atoms with E-state index in [2.05, 4.69) is 4.98 Å². The number of anilines is 2. The molecule has 2 aliphatic rings. The molecule has 1 aromatic heterocycles. The number of halogens is 3. The first-order chi connectivity index (χ1) is 15.1. The third-order valence-electron chi connectivity index (χ3n) is 5.94. The van der Waals surface area contributed by atoms with E-state index >= 15 is 0 Å². The highest BCUT2D eigenvalue weighted by Crippen LogP contribution is 2.35. The quantitative estimate of drug-likeness (QED) is 0.668. The minimum atomic E-state index is -4.58. The lowest BCUT2D eigenvalue weighted by molar-refractivity contribution is -0.152. The molecule has 1 fully saturated rings. The molecule has 0 aliphatic carbocycles. The molecule has 0 amide bonds. The summed E-state index contributed by atoms with van der Waals surface area (Å²) in [7, 11) is 0. The first kappa shape index (κ1) is 22.3. The molecule has 3 heterocycles. The van der Waals surface area contributed by atoms with Crippen LogP contribution < -0.4 is 15.4 Å². The van der Waals surface area contributed by atoms with Gasteiger partial charge in [-0.15, -0.1) is 0 Å². The predicted molar refractivity (Wildman–Crippen MR) is 113 cm³/mol. The fourth-order valence-electron chi connectivity index (χ4n) is 4.27. The number of alkyl halides is 3. The SMILES string of the molecule is CC1(C)COCCN1c1cc(=O)n2c(n1)N(CC(=O)c1ccccc1)C(C(F)(F)F)CC2. The van der Waals surface area contributed by atoms with Crippen LogP contribution in [0.25, 0.3) is 0 Å². The average molecular weight is 450 g/mol. The summed E-state index contributed by atoms with van der Waals surface area (Å²) in [6.45, 7) is 4.46. The number of fused-ring (bicyclic) bond motifs is 1. The molecule has 2 aromatic rings. The van der Waals surface area contributed by atoms with Crippen molar-refractivity contribution >= 4 is 17.5 Å². The monoisotopic (exact) mass is 450 g/mol. The van der Waals surface area contributed by atoms with E-state index in [0.29, 0.717) is 25.3 Å². The summed E-state index contributed by atoms with van der Waals surface area (Å²) in [6.07, 6.45) is -4.91. The first-order valence-electron chi connectivity index (χ1n) is 10.5. The van der Waals surface area contributed by atoms with E-state index in [0.717, 1.165) is 4.90 Å². The Balaban J connectivity index is 1.78. The minimum absolute atomic E-state index is 0.117. The molecular weight excluding hydrogens is 425 g/mol. The normalized spacial score (nSPS) is 20.7. The first-order valence-corrected chi connectivity index (χ1v) is 10.5. The summed E-state index contributed by atoms with van der Waals surface area (Å²) >= 11 is 0. The van der Waals surface area contributed by atoms with E-state index in [1.54, 1.807) is 30.3 Å². The molecule has 2 aliphatic heterocycles. The Morgan fingerprint density at radius 3 is 2.59 bits per heavy atom. The number of nitrogens with zero attached hydrogens (tertiary/aromatic N) is 4. The molecule has 32 heavy (non-hydrogen) atoms. The molecule has 1 atom stereocenters. The highest BCUT2D eigenvalue weighted by Gasteiger charge is 2.47. The van der Waals surface area contributed by atoms with E-state index < -0.39 is 35.6 Å². The topological polar surface area (TPSA) is 67.7 Å². The van der Waals surface area contributed by atoms with Gasteiger partial charge in [-0.1, -0.05) is 30.3 Å². The van der Waals surface area contributed by atoms with Gasteiger partial charge in [0, 0.05) is 24.7 Å². The number of morpholine rings is 1. The van der Waals surface area contributed by atoms with E-state index in [1.165, 1.54) is 10.6 Å². The number of hydrogen-bond donors (Lipinski definition) is 0. The number of rotatable bonds is 4. The van der Waals surface area contributed by atoms with Gasteiger partial charge in [-0.25, -0.2) is 0 Å². The molecule has 0 N–H and O–H groups in total. The second-order valence-corrected chi connectivity index (χ2v) is 8.68. The second-order valence-electron chi connectivity index (χ2n) is 8.68. The molecular formula is C22H25F3N4O3. The van der Waals surface area contributed by atoms with Crippen LogP contribution in [0.5, 0.6) is 0 Å². The number of Topliss-reactive ketones (excluding diaryl/α,β-unsaturated/α-hetero) is 1. The molecule has 7 nitrogen and oxygen atoms in total. The summed E-state index contributed by atoms with van der Waals surface area (Å²) in [4.78, 5) is 33.0. The van der Waals surface area contributed by atoms with Crippen LogP contribution in [0.4, 0.5) is 24.9 Å². The van der Waals surface area contributed by atoms with Crippen molar-refractivity contribution in [3.63, 3.8) is 0 Å². The van der Waals surface area contributed by atoms with Crippen LogP contribution in [0.15, 0.2) is 41.2 Å². The van der Waals surface area contributed by atoms with Crippen LogP contribution >= 0.6 is 0 Å². The van der Waals surface area contributed by atoms with Crippen molar-refractivity contribution in [3.8, 4) is 0 Å². The Morgan fingerprint density at radius 1 is 1.22 bits per heavy atom. The fraction of sp³-hybridized carbons (Fsp3) is 0.500. The number of benzene rings is 1. The van der Waals surface area contributed by atoms with Crippen molar-refractivity contribution < 1.29 is 22.7 Å². The maximum absolute atomic E-state index is 13.9. The minimum Gasteiger partial charge on any atom is -0.377 e. The van der Waals surface area contributed by atoms with Crippen molar-refractivity contribution in [2.45, 2.75) is 44.6 Å². The Morgan fingerprint density at radius 2 is 1.94 bits per heavy atom. The molecule has 0 bridgehead atoms. The maximum Gasteiger partial charge on any atom is 0.408 e. The molecule has 1 aromatic carbocycles. The summed E-state index contributed by atoms with van der Waals surface area (Å²) < 4.78 is 48.5. The van der Waals surface area contributed by atoms with Crippen molar-refractivity contribution in [1.29, 1.82) is 0 Å². The lowest BCUT2D eigenvalue weighted by Crippen LogP contribution is -2.56. The summed E-state index contributed by atoms with van der Waals surface area (Å²) in [5.74, 6) is -0.318. The van der Waals surface area contributed by atoms with Crippen molar-refractivity contribution in [3.05, 3.63) is 52.3 Å². The zero-order valence-electron chi connectivity index (χ0n) is 17.9. The highest BCUT2D eigenvalue weighted by atomic mass is 19.4. The van der Waals surface area contributed by atoms with Gasteiger partial charge < -0.3 is 14.5 Å². The molecule has 0 spiro atoms. The second kappa shape index (κ2) is 8.23. The van der Waals surface area contributed by atoms with Gasteiger partial charge in [0.25, 0.3) is 5.56 Å². The van der Waals surface area contributed by atoms with Crippen LogP contribution in [-0.4, -0.2) is 59.4 Å². The van der Waals surface area contributed by atoms with E-state index in [4.69, 9.17) is 4.74 Å². The molecule has 1 unspecified atom stereocenters. The largest absolute Gasteiger partial charge is 0.408 e. The van der Waals surface area contributed by atoms with Crippen LogP contribution in [0.1, 0.15) is 30.6 Å². The molecule has 4 rings (SSSR count). The van der Waals surface area contributed by atoms with Crippen LogP contribution in [-0.2, 0) is 11.3 Å². The third kappa shape index (κ3) is 4.23. The number of aromatic nitrogens is 2. The zero-order chi connectivity index (χ0) is 23.1. The van der Waals surface area contributed by atoms with Gasteiger partial charge in [0.05, 0.1) is 25.3 Å². The Hall–Kier alpha value is -2.88. The van der Waals surface area contributed by atoms with E-state index in [1.807, 2.05) is 18.7 Å². The number of hydrogen-bond acceptors (Lipinski definition) is 6. The lowest BCUT2D eigenvalue weighted by Gasteiger charge is -2.44. The van der Waals surface area contributed by atoms with Gasteiger partial charge >= 0.3 is 6.18 Å². The lowest BCUT2D eigenvalue weighted by atomic mass is 10.0. The average Bonchev–Trinajstić information content (AvgIpc) is 2.73. The molecule has 0 saturated carbocycles. The van der Waals surface area contributed by atoms with Gasteiger partial charge in [0.2, 0.25) is 5.95 Å². The summed E-state index contributed by atoms with van der Waals surface area (Å²) in [6, 6.07) is 7.59. The van der Waals surface area contributed by atoms with Gasteiger partial charge in [0.1, 0.15) is 11.9 Å². The van der Waals surface area contributed by atoms with Gasteiger partial charge in [-0.05, 0) is 20.3 Å². The Labute approximate surface area is 183 Å². The van der Waals surface area contributed by atoms with E-state index in [9.17, 15) is 22.8 Å². The molecule has 0 radical (unpaired) electrons. The van der Waals surface area contributed by atoms with Crippen LogP contribution in [0.3, 0.4) is 0 Å². The maximum atomic E-state index is 13.9. The summed E-state index contributed by atoms with van der Waals surface area (Å²) in [5.41, 5.74) is -0.622. The number of carbonyl (C=O) groups is 1. The van der Waals surface area contributed by atoms with Gasteiger partial charge in [-0.2, -0.15) is 18.2 Å². The van der Waals surface area contributed by atoms with Gasteiger partial charge in [0.15, 0.2) is 5.78 Å². The fourth-order valence-corrected chi connectivity index (χ4v) is 4.27. The smallest absolute Gasteiger partial charge is 0.377 e. The van der Waals surface area contributed by atoms with Gasteiger partial charge in [-0.3, -0.25) is 14.2 Å². The highest BCUT2D eigenvalue weighted by molar-refractivity contribution is 5.99. The van der Waals surface area contributed by atoms with Crippen LogP contribution in [0, 0.1) is 0 Å². The number of ketones is 1. The number of ether oxygens (including phenoxy) is 1. The van der Waals surface area contributed by atoms with E-state index in [-0.39, 0.29) is 24.7 Å².